The minimum absolute atomic E-state index is 0.0514. The molecule has 1 fully saturated rings. The fourth-order valence-electron chi connectivity index (χ4n) is 2.42. The van der Waals surface area contributed by atoms with Gasteiger partial charge in [0.25, 0.3) is 0 Å². The van der Waals surface area contributed by atoms with E-state index in [9.17, 15) is 4.79 Å². The maximum atomic E-state index is 11.1. The Labute approximate surface area is 105 Å². The third-order valence-electron chi connectivity index (χ3n) is 3.85. The van der Waals surface area contributed by atoms with Gasteiger partial charge in [0, 0.05) is 12.0 Å². The van der Waals surface area contributed by atoms with E-state index in [1.807, 2.05) is 6.92 Å². The first kappa shape index (κ1) is 14.5. The molecular formula is C14H27NO2. The van der Waals surface area contributed by atoms with Crippen LogP contribution in [0.1, 0.15) is 65.2 Å². The largest absolute Gasteiger partial charge is 0.466 e. The smallest absolute Gasteiger partial charge is 0.305 e. The van der Waals surface area contributed by atoms with Gasteiger partial charge in [0.1, 0.15) is 0 Å². The molecule has 17 heavy (non-hydrogen) atoms. The number of hydrogen-bond acceptors (Lipinski definition) is 3. The third kappa shape index (κ3) is 5.07. The van der Waals surface area contributed by atoms with Crippen LogP contribution in [0, 0.1) is 0 Å². The highest BCUT2D eigenvalue weighted by Crippen LogP contribution is 2.34. The van der Waals surface area contributed by atoms with Crippen molar-refractivity contribution in [2.24, 2.45) is 0 Å². The van der Waals surface area contributed by atoms with Gasteiger partial charge in [0.2, 0.25) is 0 Å². The Bertz CT molecular complexity index is 219. The fourth-order valence-corrected chi connectivity index (χ4v) is 2.42. The molecule has 1 aliphatic rings. The Hall–Kier alpha value is -0.570. The van der Waals surface area contributed by atoms with E-state index >= 15 is 0 Å². The van der Waals surface area contributed by atoms with Crippen LogP contribution in [0.15, 0.2) is 0 Å². The molecule has 0 saturated heterocycles. The molecule has 0 aliphatic heterocycles. The van der Waals surface area contributed by atoms with E-state index in [1.54, 1.807) is 0 Å². The second-order valence-electron chi connectivity index (χ2n) is 5.03. The summed E-state index contributed by atoms with van der Waals surface area (Å²) in [5.74, 6) is -0.0514. The lowest BCUT2D eigenvalue weighted by molar-refractivity contribution is -0.143. The summed E-state index contributed by atoms with van der Waals surface area (Å²) in [4.78, 5) is 11.1. The quantitative estimate of drug-likeness (QED) is 0.498. The maximum Gasteiger partial charge on any atom is 0.305 e. The van der Waals surface area contributed by atoms with E-state index in [4.69, 9.17) is 4.74 Å². The molecule has 3 heteroatoms. The normalized spacial score (nSPS) is 17.5. The maximum absolute atomic E-state index is 11.1. The molecule has 0 amide bonds. The van der Waals surface area contributed by atoms with E-state index in [-0.39, 0.29) is 5.97 Å². The number of esters is 1. The molecule has 0 radical (unpaired) electrons. The second-order valence-corrected chi connectivity index (χ2v) is 5.03. The second kappa shape index (κ2) is 7.70. The number of rotatable bonds is 9. The summed E-state index contributed by atoms with van der Waals surface area (Å²) in [6.45, 7) is 5.72. The van der Waals surface area contributed by atoms with E-state index < -0.39 is 0 Å². The highest BCUT2D eigenvalue weighted by atomic mass is 16.5. The summed E-state index contributed by atoms with van der Waals surface area (Å²) in [6.07, 6.45) is 9.12. The van der Waals surface area contributed by atoms with Gasteiger partial charge in [-0.05, 0) is 52.0 Å². The first-order chi connectivity index (χ1) is 8.22. The van der Waals surface area contributed by atoms with Crippen LogP contribution < -0.4 is 5.32 Å². The summed E-state index contributed by atoms with van der Waals surface area (Å²) in [5, 5.41) is 3.68. The first-order valence-corrected chi connectivity index (χ1v) is 7.13. The van der Waals surface area contributed by atoms with Gasteiger partial charge >= 0.3 is 5.97 Å². The molecule has 0 aromatic carbocycles. The topological polar surface area (TPSA) is 38.3 Å². The monoisotopic (exact) mass is 241 g/mol. The SMILES string of the molecule is CCOC(=O)CCCCCNC1(CC)CCC1. The number of nitrogens with one attached hydrogen (secondary N) is 1. The average molecular weight is 241 g/mol. The van der Waals surface area contributed by atoms with Crippen molar-refractivity contribution in [2.45, 2.75) is 70.8 Å². The van der Waals surface area contributed by atoms with Crippen molar-refractivity contribution < 1.29 is 9.53 Å². The van der Waals surface area contributed by atoms with Crippen molar-refractivity contribution >= 4 is 5.97 Å². The van der Waals surface area contributed by atoms with Crippen molar-refractivity contribution in [1.29, 1.82) is 0 Å². The highest BCUT2D eigenvalue weighted by molar-refractivity contribution is 5.69. The molecule has 0 atom stereocenters. The van der Waals surface area contributed by atoms with E-state index in [2.05, 4.69) is 12.2 Å². The molecule has 0 spiro atoms. The van der Waals surface area contributed by atoms with Crippen molar-refractivity contribution in [1.82, 2.24) is 5.32 Å². The van der Waals surface area contributed by atoms with Crippen LogP contribution in [0.3, 0.4) is 0 Å². The van der Waals surface area contributed by atoms with Crippen LogP contribution in [0.25, 0.3) is 0 Å². The molecule has 0 unspecified atom stereocenters. The predicted molar refractivity (Wildman–Crippen MR) is 70.0 cm³/mol. The Morgan fingerprint density at radius 1 is 1.24 bits per heavy atom. The lowest BCUT2D eigenvalue weighted by Gasteiger charge is -2.42. The molecule has 1 rings (SSSR count). The highest BCUT2D eigenvalue weighted by Gasteiger charge is 2.33. The molecule has 0 bridgehead atoms. The summed E-state index contributed by atoms with van der Waals surface area (Å²) >= 11 is 0. The lowest BCUT2D eigenvalue weighted by atomic mass is 9.75. The molecule has 3 nitrogen and oxygen atoms in total. The summed E-state index contributed by atoms with van der Waals surface area (Å²) in [6, 6.07) is 0. The number of unbranched alkanes of at least 4 members (excludes halogenated alkanes) is 2. The fraction of sp³-hybridized carbons (Fsp3) is 0.929. The standard InChI is InChI=1S/C14H27NO2/c1-3-14(10-8-11-14)15-12-7-5-6-9-13(16)17-4-2/h15H,3-12H2,1-2H3. The van der Waals surface area contributed by atoms with Crippen LogP contribution in [-0.4, -0.2) is 24.7 Å². The minimum atomic E-state index is -0.0514. The molecule has 1 saturated carbocycles. The van der Waals surface area contributed by atoms with Crippen LogP contribution >= 0.6 is 0 Å². The Morgan fingerprint density at radius 3 is 2.53 bits per heavy atom. The zero-order valence-electron chi connectivity index (χ0n) is 11.4. The Balaban J connectivity index is 1.92. The number of carbonyl (C=O) groups is 1. The molecule has 1 aliphatic carbocycles. The van der Waals surface area contributed by atoms with Gasteiger partial charge in [-0.1, -0.05) is 13.3 Å². The third-order valence-corrected chi connectivity index (χ3v) is 3.85. The Morgan fingerprint density at radius 2 is 2.00 bits per heavy atom. The van der Waals surface area contributed by atoms with Gasteiger partial charge in [-0.15, -0.1) is 0 Å². The summed E-state index contributed by atoms with van der Waals surface area (Å²) < 4.78 is 4.89. The van der Waals surface area contributed by atoms with Crippen molar-refractivity contribution in [3.63, 3.8) is 0 Å². The zero-order valence-corrected chi connectivity index (χ0v) is 11.4. The molecule has 100 valence electrons. The molecular weight excluding hydrogens is 214 g/mol. The van der Waals surface area contributed by atoms with Gasteiger partial charge in [0.05, 0.1) is 6.61 Å². The average Bonchev–Trinajstić information content (AvgIpc) is 2.26. The number of ether oxygens (including phenoxy) is 1. The molecule has 0 aromatic heterocycles. The lowest BCUT2D eigenvalue weighted by Crippen LogP contribution is -2.50. The summed E-state index contributed by atoms with van der Waals surface area (Å²) in [7, 11) is 0. The van der Waals surface area contributed by atoms with Crippen molar-refractivity contribution in [3.05, 3.63) is 0 Å². The predicted octanol–water partition coefficient (Wildman–Crippen LogP) is 3.03. The van der Waals surface area contributed by atoms with E-state index in [0.717, 1.165) is 19.4 Å². The van der Waals surface area contributed by atoms with Gasteiger partial charge < -0.3 is 10.1 Å². The van der Waals surface area contributed by atoms with Crippen LogP contribution in [0.2, 0.25) is 0 Å². The zero-order chi connectivity index (χ0) is 12.6. The van der Waals surface area contributed by atoms with Crippen molar-refractivity contribution in [3.8, 4) is 0 Å². The first-order valence-electron chi connectivity index (χ1n) is 7.13. The van der Waals surface area contributed by atoms with Crippen molar-refractivity contribution in [2.75, 3.05) is 13.2 Å². The van der Waals surface area contributed by atoms with Crippen LogP contribution in [0.4, 0.5) is 0 Å². The molecule has 0 aromatic rings. The van der Waals surface area contributed by atoms with Gasteiger partial charge in [0.15, 0.2) is 0 Å². The van der Waals surface area contributed by atoms with Gasteiger partial charge in [-0.2, -0.15) is 0 Å². The molecule has 0 heterocycles. The van der Waals surface area contributed by atoms with E-state index in [1.165, 1.54) is 32.1 Å². The number of hydrogen-bond donors (Lipinski definition) is 1. The van der Waals surface area contributed by atoms with Crippen LogP contribution in [0.5, 0.6) is 0 Å². The van der Waals surface area contributed by atoms with Gasteiger partial charge in [-0.25, -0.2) is 0 Å². The van der Waals surface area contributed by atoms with Gasteiger partial charge in [-0.3, -0.25) is 4.79 Å². The minimum Gasteiger partial charge on any atom is -0.466 e. The summed E-state index contributed by atoms with van der Waals surface area (Å²) in [5.41, 5.74) is 0.459. The molecule has 1 N–H and O–H groups in total. The van der Waals surface area contributed by atoms with Crippen LogP contribution in [-0.2, 0) is 9.53 Å². The van der Waals surface area contributed by atoms with E-state index in [0.29, 0.717) is 18.6 Å². The Kier molecular flexibility index (Phi) is 6.56. The number of carbonyl (C=O) groups excluding carboxylic acids is 1.